The number of urea groups is 1. The van der Waals surface area contributed by atoms with Crippen LogP contribution in [-0.2, 0) is 17.8 Å². The number of carbonyl (C=O) groups is 2. The van der Waals surface area contributed by atoms with E-state index in [2.05, 4.69) is 16.3 Å². The average Bonchev–Trinajstić information content (AvgIpc) is 2.80. The molecule has 1 unspecified atom stereocenters. The van der Waals surface area contributed by atoms with Crippen molar-refractivity contribution in [2.45, 2.75) is 19.0 Å². The largest absolute Gasteiger partial charge is 0.373 e. The summed E-state index contributed by atoms with van der Waals surface area (Å²) in [6.07, 6.45) is 0.413. The van der Waals surface area contributed by atoms with Crippen LogP contribution in [0.15, 0.2) is 54.6 Å². The van der Waals surface area contributed by atoms with Gasteiger partial charge in [0.15, 0.2) is 0 Å². The first-order valence-electron chi connectivity index (χ1n) is 8.72. The number of primary amides is 1. The lowest BCUT2D eigenvalue weighted by molar-refractivity contribution is -0.133. The minimum absolute atomic E-state index is 0.113. The summed E-state index contributed by atoms with van der Waals surface area (Å²) in [5.74, 6) is -0.113. The highest BCUT2D eigenvalue weighted by molar-refractivity contribution is 5.87. The summed E-state index contributed by atoms with van der Waals surface area (Å²) >= 11 is 0. The first-order valence-corrected chi connectivity index (χ1v) is 8.72. The van der Waals surface area contributed by atoms with Crippen molar-refractivity contribution in [3.63, 3.8) is 0 Å². The molecule has 3 amide bonds. The van der Waals surface area contributed by atoms with E-state index in [-0.39, 0.29) is 5.91 Å². The van der Waals surface area contributed by atoms with Gasteiger partial charge >= 0.3 is 6.03 Å². The number of hydrogen-bond donors (Lipinski definition) is 2. The minimum atomic E-state index is -0.688. The third kappa shape index (κ3) is 4.14. The van der Waals surface area contributed by atoms with Crippen molar-refractivity contribution in [3.05, 3.63) is 65.7 Å². The second-order valence-corrected chi connectivity index (χ2v) is 6.56. The molecule has 0 saturated carbocycles. The molecular weight excluding hydrogens is 328 g/mol. The fourth-order valence-electron chi connectivity index (χ4n) is 3.32. The number of nitrogens with one attached hydrogen (secondary N) is 1. The van der Waals surface area contributed by atoms with E-state index in [1.807, 2.05) is 55.6 Å². The van der Waals surface area contributed by atoms with Crippen LogP contribution in [0.4, 0.5) is 10.5 Å². The number of nitrogens with two attached hydrogens (primary N) is 1. The highest BCUT2D eigenvalue weighted by Crippen LogP contribution is 2.24. The molecule has 1 atom stereocenters. The average molecular weight is 352 g/mol. The van der Waals surface area contributed by atoms with E-state index in [1.54, 1.807) is 4.90 Å². The van der Waals surface area contributed by atoms with E-state index in [0.717, 1.165) is 23.4 Å². The van der Waals surface area contributed by atoms with Gasteiger partial charge in [-0.2, -0.15) is 0 Å². The van der Waals surface area contributed by atoms with Gasteiger partial charge in [0, 0.05) is 38.8 Å². The van der Waals surface area contributed by atoms with Gasteiger partial charge in [-0.05, 0) is 17.2 Å². The van der Waals surface area contributed by atoms with Crippen molar-refractivity contribution in [2.75, 3.05) is 25.0 Å². The van der Waals surface area contributed by atoms with E-state index in [9.17, 15) is 9.59 Å². The Morgan fingerprint density at radius 1 is 1.08 bits per heavy atom. The standard InChI is InChI=1S/C20H24N4O2/c1-23-11-12-24(14-16-9-5-6-10-18(16)23)19(25)17(22-20(21)26)13-15-7-3-2-4-8-15/h2-10,17H,11-14H2,1H3,(H3,21,22,26). The van der Waals surface area contributed by atoms with Crippen LogP contribution in [0, 0.1) is 0 Å². The number of para-hydroxylation sites is 1. The van der Waals surface area contributed by atoms with Crippen LogP contribution in [0.25, 0.3) is 0 Å². The van der Waals surface area contributed by atoms with Gasteiger partial charge in [-0.1, -0.05) is 48.5 Å². The zero-order chi connectivity index (χ0) is 18.5. The maximum atomic E-state index is 13.1. The summed E-state index contributed by atoms with van der Waals surface area (Å²) in [4.78, 5) is 28.5. The lowest BCUT2D eigenvalue weighted by atomic mass is 10.0. The highest BCUT2D eigenvalue weighted by atomic mass is 16.2. The molecule has 136 valence electrons. The molecule has 0 saturated heterocycles. The van der Waals surface area contributed by atoms with E-state index in [0.29, 0.717) is 19.5 Å². The molecule has 26 heavy (non-hydrogen) atoms. The number of hydrogen-bond acceptors (Lipinski definition) is 3. The molecule has 0 aromatic heterocycles. The summed E-state index contributed by atoms with van der Waals surface area (Å²) in [5, 5.41) is 2.62. The first kappa shape index (κ1) is 17.8. The number of carbonyl (C=O) groups excluding carboxylic acids is 2. The Morgan fingerprint density at radius 3 is 2.50 bits per heavy atom. The van der Waals surface area contributed by atoms with Gasteiger partial charge in [0.1, 0.15) is 6.04 Å². The second kappa shape index (κ2) is 7.91. The molecule has 6 nitrogen and oxygen atoms in total. The number of amides is 3. The predicted octanol–water partition coefficient (Wildman–Crippen LogP) is 1.74. The Balaban J connectivity index is 1.81. The third-order valence-corrected chi connectivity index (χ3v) is 4.68. The monoisotopic (exact) mass is 352 g/mol. The Hall–Kier alpha value is -3.02. The van der Waals surface area contributed by atoms with E-state index >= 15 is 0 Å². The number of fused-ring (bicyclic) bond motifs is 1. The zero-order valence-electron chi connectivity index (χ0n) is 14.9. The van der Waals surface area contributed by atoms with Crippen molar-refractivity contribution < 1.29 is 9.59 Å². The molecule has 2 aromatic carbocycles. The van der Waals surface area contributed by atoms with Gasteiger partial charge in [0.05, 0.1) is 0 Å². The molecule has 3 N–H and O–H groups in total. The van der Waals surface area contributed by atoms with Crippen LogP contribution in [0.1, 0.15) is 11.1 Å². The number of rotatable bonds is 4. The van der Waals surface area contributed by atoms with Crippen LogP contribution < -0.4 is 16.0 Å². The summed E-state index contributed by atoms with van der Waals surface area (Å²) in [6, 6.07) is 16.3. The zero-order valence-corrected chi connectivity index (χ0v) is 14.9. The molecule has 3 rings (SSSR count). The van der Waals surface area contributed by atoms with Crippen molar-refractivity contribution in [1.82, 2.24) is 10.2 Å². The fourth-order valence-corrected chi connectivity index (χ4v) is 3.32. The van der Waals surface area contributed by atoms with Gasteiger partial charge in [0.2, 0.25) is 5.91 Å². The second-order valence-electron chi connectivity index (χ2n) is 6.56. The molecular formula is C20H24N4O2. The maximum Gasteiger partial charge on any atom is 0.312 e. The van der Waals surface area contributed by atoms with Crippen molar-refractivity contribution in [2.24, 2.45) is 5.73 Å². The fraction of sp³-hybridized carbons (Fsp3) is 0.300. The SMILES string of the molecule is CN1CCN(C(=O)C(Cc2ccccc2)NC(N)=O)Cc2ccccc21. The van der Waals surface area contributed by atoms with Crippen molar-refractivity contribution in [3.8, 4) is 0 Å². The topological polar surface area (TPSA) is 78.7 Å². The molecule has 0 spiro atoms. The summed E-state index contributed by atoms with van der Waals surface area (Å²) < 4.78 is 0. The minimum Gasteiger partial charge on any atom is -0.373 e. The summed E-state index contributed by atoms with van der Waals surface area (Å²) in [6.45, 7) is 1.85. The molecule has 1 aliphatic heterocycles. The molecule has 2 aromatic rings. The van der Waals surface area contributed by atoms with E-state index in [4.69, 9.17) is 5.73 Å². The Morgan fingerprint density at radius 2 is 1.77 bits per heavy atom. The van der Waals surface area contributed by atoms with Crippen molar-refractivity contribution in [1.29, 1.82) is 0 Å². The van der Waals surface area contributed by atoms with Gasteiger partial charge in [-0.15, -0.1) is 0 Å². The molecule has 6 heteroatoms. The Labute approximate surface area is 153 Å². The summed E-state index contributed by atoms with van der Waals surface area (Å²) in [5.41, 5.74) is 8.52. The molecule has 1 heterocycles. The number of nitrogens with zero attached hydrogens (tertiary/aromatic N) is 2. The first-order chi connectivity index (χ1) is 12.5. The number of likely N-dealkylation sites (N-methyl/N-ethyl adjacent to an activating group) is 1. The molecule has 1 aliphatic rings. The third-order valence-electron chi connectivity index (χ3n) is 4.68. The molecule has 0 bridgehead atoms. The van der Waals surface area contributed by atoms with E-state index in [1.165, 1.54) is 0 Å². The molecule has 0 fully saturated rings. The number of benzene rings is 2. The van der Waals surface area contributed by atoms with Crippen molar-refractivity contribution >= 4 is 17.6 Å². The Bertz CT molecular complexity index is 778. The predicted molar refractivity (Wildman–Crippen MR) is 102 cm³/mol. The molecule has 0 radical (unpaired) electrons. The van der Waals surface area contributed by atoms with Gasteiger partial charge in [-0.3, -0.25) is 4.79 Å². The van der Waals surface area contributed by atoms with E-state index < -0.39 is 12.1 Å². The summed E-state index contributed by atoms with van der Waals surface area (Å²) in [7, 11) is 2.02. The number of anilines is 1. The maximum absolute atomic E-state index is 13.1. The van der Waals surface area contributed by atoms with Gasteiger partial charge in [-0.25, -0.2) is 4.79 Å². The molecule has 0 aliphatic carbocycles. The van der Waals surface area contributed by atoms with Crippen LogP contribution in [0.2, 0.25) is 0 Å². The van der Waals surface area contributed by atoms with Crippen LogP contribution in [0.3, 0.4) is 0 Å². The van der Waals surface area contributed by atoms with Crippen LogP contribution in [0.5, 0.6) is 0 Å². The normalized spacial score (nSPS) is 15.0. The Kier molecular flexibility index (Phi) is 5.41. The highest BCUT2D eigenvalue weighted by Gasteiger charge is 2.28. The lowest BCUT2D eigenvalue weighted by Gasteiger charge is -2.26. The van der Waals surface area contributed by atoms with Crippen LogP contribution in [-0.4, -0.2) is 43.0 Å². The quantitative estimate of drug-likeness (QED) is 0.880. The lowest BCUT2D eigenvalue weighted by Crippen LogP contribution is -2.51. The van der Waals surface area contributed by atoms with Gasteiger partial charge in [0.25, 0.3) is 0 Å². The smallest absolute Gasteiger partial charge is 0.312 e. The van der Waals surface area contributed by atoms with Crippen LogP contribution >= 0.6 is 0 Å². The van der Waals surface area contributed by atoms with Gasteiger partial charge < -0.3 is 20.9 Å².